The molecule has 0 aromatic carbocycles. The zero-order valence-corrected chi connectivity index (χ0v) is 12.3. The lowest BCUT2D eigenvalue weighted by atomic mass is 9.85. The predicted molar refractivity (Wildman–Crippen MR) is 75.0 cm³/mol. The number of urea groups is 1. The van der Waals surface area contributed by atoms with Gasteiger partial charge in [-0.1, -0.05) is 26.7 Å². The van der Waals surface area contributed by atoms with Crippen molar-refractivity contribution in [2.45, 2.75) is 51.7 Å². The third kappa shape index (κ3) is 5.37. The Kier molecular flexibility index (Phi) is 7.16. The van der Waals surface area contributed by atoms with Crippen molar-refractivity contribution in [3.05, 3.63) is 0 Å². The van der Waals surface area contributed by atoms with E-state index in [0.717, 1.165) is 25.7 Å². The van der Waals surface area contributed by atoms with Gasteiger partial charge in [0.2, 0.25) is 0 Å². The minimum atomic E-state index is -0.159. The topological polar surface area (TPSA) is 70.6 Å². The summed E-state index contributed by atoms with van der Waals surface area (Å²) in [6.07, 6.45) is 4.24. The number of amides is 2. The third-order valence-corrected chi connectivity index (χ3v) is 3.97. The first kappa shape index (κ1) is 16.2. The molecule has 1 aliphatic carbocycles. The van der Waals surface area contributed by atoms with Crippen LogP contribution in [0.4, 0.5) is 4.79 Å². The standard InChI is InChI=1S/C14H28N2O3/c1-10(2)13(19-3)8-15-14(18)16-12-7-5-4-6-11(12)9-17/h10-13,17H,4-9H2,1-3H3,(H2,15,16,18)/t11-,12+,13-/m1/s1. The lowest BCUT2D eigenvalue weighted by Gasteiger charge is -2.31. The molecule has 5 nitrogen and oxygen atoms in total. The summed E-state index contributed by atoms with van der Waals surface area (Å²) in [7, 11) is 1.66. The van der Waals surface area contributed by atoms with Gasteiger partial charge in [0.1, 0.15) is 0 Å². The number of methoxy groups -OCH3 is 1. The Bertz CT molecular complexity index is 271. The van der Waals surface area contributed by atoms with Gasteiger partial charge in [-0.25, -0.2) is 4.79 Å². The number of aliphatic hydroxyl groups is 1. The zero-order chi connectivity index (χ0) is 14.3. The van der Waals surface area contributed by atoms with E-state index in [1.165, 1.54) is 0 Å². The summed E-state index contributed by atoms with van der Waals surface area (Å²) in [6, 6.07) is -0.0631. The normalized spacial score (nSPS) is 25.1. The van der Waals surface area contributed by atoms with Crippen LogP contribution in [0.15, 0.2) is 0 Å². The van der Waals surface area contributed by atoms with Crippen LogP contribution in [0.5, 0.6) is 0 Å². The van der Waals surface area contributed by atoms with Crippen molar-refractivity contribution < 1.29 is 14.6 Å². The minimum Gasteiger partial charge on any atom is -0.396 e. The van der Waals surface area contributed by atoms with Crippen molar-refractivity contribution >= 4 is 6.03 Å². The number of aliphatic hydroxyl groups excluding tert-OH is 1. The lowest BCUT2D eigenvalue weighted by Crippen LogP contribution is -2.49. The Balaban J connectivity index is 2.33. The Hall–Kier alpha value is -0.810. The van der Waals surface area contributed by atoms with Crippen LogP contribution < -0.4 is 10.6 Å². The fourth-order valence-electron chi connectivity index (χ4n) is 2.62. The van der Waals surface area contributed by atoms with Gasteiger partial charge < -0.3 is 20.5 Å². The van der Waals surface area contributed by atoms with Crippen LogP contribution in [0.2, 0.25) is 0 Å². The average Bonchev–Trinajstić information content (AvgIpc) is 2.39. The molecule has 0 unspecified atom stereocenters. The van der Waals surface area contributed by atoms with E-state index in [0.29, 0.717) is 12.5 Å². The molecule has 0 spiro atoms. The van der Waals surface area contributed by atoms with Gasteiger partial charge in [0.25, 0.3) is 0 Å². The highest BCUT2D eigenvalue weighted by atomic mass is 16.5. The molecular formula is C14H28N2O3. The molecule has 0 aromatic heterocycles. The van der Waals surface area contributed by atoms with Crippen LogP contribution in [0.3, 0.4) is 0 Å². The first-order valence-electron chi connectivity index (χ1n) is 7.26. The summed E-state index contributed by atoms with van der Waals surface area (Å²) in [5.41, 5.74) is 0. The van der Waals surface area contributed by atoms with Gasteiger partial charge in [0.05, 0.1) is 6.10 Å². The molecular weight excluding hydrogens is 244 g/mol. The molecule has 0 saturated heterocycles. The predicted octanol–water partition coefficient (Wildman–Crippen LogP) is 1.51. The molecule has 112 valence electrons. The maximum absolute atomic E-state index is 11.9. The van der Waals surface area contributed by atoms with Crippen LogP contribution in [-0.4, -0.2) is 43.5 Å². The monoisotopic (exact) mass is 272 g/mol. The summed E-state index contributed by atoms with van der Waals surface area (Å²) in [4.78, 5) is 11.9. The quantitative estimate of drug-likeness (QED) is 0.686. The maximum atomic E-state index is 11.9. The van der Waals surface area contributed by atoms with Gasteiger partial charge in [0, 0.05) is 32.2 Å². The molecule has 0 radical (unpaired) electrons. The highest BCUT2D eigenvalue weighted by Gasteiger charge is 2.26. The Morgan fingerprint density at radius 1 is 1.37 bits per heavy atom. The molecule has 3 atom stereocenters. The summed E-state index contributed by atoms with van der Waals surface area (Å²) < 4.78 is 5.31. The molecule has 0 bridgehead atoms. The summed E-state index contributed by atoms with van der Waals surface area (Å²) >= 11 is 0. The summed E-state index contributed by atoms with van der Waals surface area (Å²) in [5.74, 6) is 0.563. The second-order valence-electron chi connectivity index (χ2n) is 5.71. The van der Waals surface area contributed by atoms with E-state index in [-0.39, 0.29) is 30.7 Å². The molecule has 5 heteroatoms. The average molecular weight is 272 g/mol. The number of carbonyl (C=O) groups is 1. The van der Waals surface area contributed by atoms with Crippen LogP contribution in [0, 0.1) is 11.8 Å². The van der Waals surface area contributed by atoms with Crippen molar-refractivity contribution in [3.63, 3.8) is 0 Å². The molecule has 19 heavy (non-hydrogen) atoms. The van der Waals surface area contributed by atoms with Crippen molar-refractivity contribution in [3.8, 4) is 0 Å². The molecule has 2 amide bonds. The first-order valence-corrected chi connectivity index (χ1v) is 7.26. The highest BCUT2D eigenvalue weighted by molar-refractivity contribution is 5.74. The second kappa shape index (κ2) is 8.38. The number of ether oxygens (including phenoxy) is 1. The van der Waals surface area contributed by atoms with Crippen LogP contribution in [-0.2, 0) is 4.74 Å². The fourth-order valence-corrected chi connectivity index (χ4v) is 2.62. The summed E-state index contributed by atoms with van der Waals surface area (Å²) in [6.45, 7) is 4.79. The number of rotatable bonds is 6. The van der Waals surface area contributed by atoms with Crippen LogP contribution in [0.25, 0.3) is 0 Å². The SMILES string of the molecule is CO[C@H](CNC(=O)N[C@H]1CCCC[C@@H]1CO)C(C)C. The van der Waals surface area contributed by atoms with E-state index in [4.69, 9.17) is 4.74 Å². The molecule has 1 saturated carbocycles. The molecule has 0 aromatic rings. The van der Waals surface area contributed by atoms with Gasteiger partial charge in [0.15, 0.2) is 0 Å². The number of nitrogens with one attached hydrogen (secondary N) is 2. The number of carbonyl (C=O) groups excluding carboxylic acids is 1. The van der Waals surface area contributed by atoms with Crippen molar-refractivity contribution in [1.29, 1.82) is 0 Å². The molecule has 0 heterocycles. The van der Waals surface area contributed by atoms with E-state index >= 15 is 0 Å². The van der Waals surface area contributed by atoms with Gasteiger partial charge in [-0.3, -0.25) is 0 Å². The number of hydrogen-bond donors (Lipinski definition) is 3. The first-order chi connectivity index (χ1) is 9.08. The fraction of sp³-hybridized carbons (Fsp3) is 0.929. The second-order valence-corrected chi connectivity index (χ2v) is 5.71. The van der Waals surface area contributed by atoms with Gasteiger partial charge >= 0.3 is 6.03 Å². The molecule has 1 rings (SSSR count). The van der Waals surface area contributed by atoms with Crippen LogP contribution >= 0.6 is 0 Å². The lowest BCUT2D eigenvalue weighted by molar-refractivity contribution is 0.0662. The van der Waals surface area contributed by atoms with Gasteiger partial charge in [-0.05, 0) is 18.8 Å². The maximum Gasteiger partial charge on any atom is 0.315 e. The van der Waals surface area contributed by atoms with E-state index in [1.807, 2.05) is 0 Å². The largest absolute Gasteiger partial charge is 0.396 e. The smallest absolute Gasteiger partial charge is 0.315 e. The molecule has 1 fully saturated rings. The Morgan fingerprint density at radius 3 is 2.63 bits per heavy atom. The Labute approximate surface area is 116 Å². The van der Waals surface area contributed by atoms with Gasteiger partial charge in [-0.15, -0.1) is 0 Å². The van der Waals surface area contributed by atoms with E-state index < -0.39 is 0 Å². The third-order valence-electron chi connectivity index (χ3n) is 3.97. The van der Waals surface area contributed by atoms with Crippen molar-refractivity contribution in [1.82, 2.24) is 10.6 Å². The molecule has 3 N–H and O–H groups in total. The van der Waals surface area contributed by atoms with Crippen molar-refractivity contribution in [2.24, 2.45) is 11.8 Å². The zero-order valence-electron chi connectivity index (χ0n) is 12.3. The van der Waals surface area contributed by atoms with Crippen molar-refractivity contribution in [2.75, 3.05) is 20.3 Å². The minimum absolute atomic E-state index is 0.0331. The van der Waals surface area contributed by atoms with E-state index in [2.05, 4.69) is 24.5 Å². The van der Waals surface area contributed by atoms with Crippen LogP contribution in [0.1, 0.15) is 39.5 Å². The highest BCUT2D eigenvalue weighted by Crippen LogP contribution is 2.23. The Morgan fingerprint density at radius 2 is 2.05 bits per heavy atom. The van der Waals surface area contributed by atoms with E-state index in [9.17, 15) is 9.90 Å². The number of hydrogen-bond acceptors (Lipinski definition) is 3. The van der Waals surface area contributed by atoms with E-state index in [1.54, 1.807) is 7.11 Å². The van der Waals surface area contributed by atoms with Gasteiger partial charge in [-0.2, -0.15) is 0 Å². The molecule has 1 aliphatic rings. The summed E-state index contributed by atoms with van der Waals surface area (Å²) in [5, 5.41) is 15.1. The molecule has 0 aliphatic heterocycles.